The Hall–Kier alpha value is -1.92. The largest absolute Gasteiger partial charge is 0.504 e. The highest BCUT2D eigenvalue weighted by atomic mass is 32.2. The standard InChI is InChI=1S/C18H22O9S2/c1-28-15-13(14(22)18(26,29-2)8-17(15,25)16(23)24)27-12(21)6-4-9-3-5-10(19)11(20)7-9/h3-7,13-15,19-20,22,25-26H,8H2,1-2H3,(H,23,24)/b6-4+/t13-,14-,15?,17-,18-/m0/s1. The van der Waals surface area contributed by atoms with Crippen LogP contribution in [-0.4, -0.2) is 83.1 Å². The van der Waals surface area contributed by atoms with Crippen LogP contribution in [-0.2, 0) is 14.3 Å². The summed E-state index contributed by atoms with van der Waals surface area (Å²) >= 11 is 1.64. The second-order valence-corrected chi connectivity index (χ2v) is 8.63. The minimum Gasteiger partial charge on any atom is -0.504 e. The van der Waals surface area contributed by atoms with Crippen molar-refractivity contribution < 1.29 is 45.0 Å². The molecule has 1 saturated carbocycles. The Morgan fingerprint density at radius 2 is 1.86 bits per heavy atom. The summed E-state index contributed by atoms with van der Waals surface area (Å²) in [5.74, 6) is -3.28. The molecule has 0 saturated heterocycles. The molecule has 1 aliphatic carbocycles. The number of ether oxygens (including phenoxy) is 1. The van der Waals surface area contributed by atoms with Gasteiger partial charge in [-0.05, 0) is 36.3 Å². The van der Waals surface area contributed by atoms with E-state index in [-0.39, 0.29) is 11.5 Å². The average molecular weight is 446 g/mol. The highest BCUT2D eigenvalue weighted by molar-refractivity contribution is 8.00. The Bertz CT molecular complexity index is 815. The number of rotatable bonds is 6. The normalized spacial score (nSPS) is 32.2. The first kappa shape index (κ1) is 23.4. The molecule has 0 bridgehead atoms. The molecule has 0 amide bonds. The zero-order valence-electron chi connectivity index (χ0n) is 15.6. The van der Waals surface area contributed by atoms with E-state index in [4.69, 9.17) is 4.74 Å². The van der Waals surface area contributed by atoms with Crippen LogP contribution in [0.1, 0.15) is 12.0 Å². The summed E-state index contributed by atoms with van der Waals surface area (Å²) in [4.78, 5) is 21.9. The van der Waals surface area contributed by atoms with E-state index in [1.54, 1.807) is 0 Å². The summed E-state index contributed by atoms with van der Waals surface area (Å²) < 4.78 is 5.22. The van der Waals surface area contributed by atoms with Gasteiger partial charge in [0.1, 0.15) is 17.1 Å². The molecule has 1 fully saturated rings. The maximum Gasteiger partial charge on any atom is 0.337 e. The molecule has 0 spiro atoms. The average Bonchev–Trinajstić information content (AvgIpc) is 2.67. The number of phenols is 2. The second kappa shape index (κ2) is 8.84. The molecular formula is C18H22O9S2. The summed E-state index contributed by atoms with van der Waals surface area (Å²) in [5, 5.41) is 58.9. The molecule has 0 radical (unpaired) electrons. The van der Waals surface area contributed by atoms with E-state index in [1.807, 2.05) is 0 Å². The smallest absolute Gasteiger partial charge is 0.337 e. The molecule has 1 aliphatic rings. The number of carboxylic acids is 1. The van der Waals surface area contributed by atoms with Crippen molar-refractivity contribution in [3.8, 4) is 11.5 Å². The van der Waals surface area contributed by atoms with Gasteiger partial charge in [-0.25, -0.2) is 9.59 Å². The minimum atomic E-state index is -2.44. The molecule has 1 aromatic rings. The van der Waals surface area contributed by atoms with Gasteiger partial charge in [0.15, 0.2) is 17.1 Å². The molecule has 5 atom stereocenters. The third-order valence-corrected chi connectivity index (χ3v) is 6.97. The van der Waals surface area contributed by atoms with Crippen LogP contribution in [0.4, 0.5) is 0 Å². The number of aliphatic hydroxyl groups excluding tert-OH is 1. The first-order chi connectivity index (χ1) is 13.5. The summed E-state index contributed by atoms with van der Waals surface area (Å²) in [6.07, 6.45) is 1.36. The van der Waals surface area contributed by atoms with Gasteiger partial charge in [0.25, 0.3) is 0 Å². The number of aromatic hydroxyl groups is 2. The molecule has 0 aliphatic heterocycles. The lowest BCUT2D eigenvalue weighted by Gasteiger charge is -2.49. The zero-order chi connectivity index (χ0) is 22.0. The molecule has 1 unspecified atom stereocenters. The number of aliphatic carboxylic acids is 1. The van der Waals surface area contributed by atoms with E-state index in [1.165, 1.54) is 36.8 Å². The van der Waals surface area contributed by atoms with E-state index in [9.17, 15) is 40.2 Å². The van der Waals surface area contributed by atoms with Gasteiger partial charge in [0, 0.05) is 12.5 Å². The van der Waals surface area contributed by atoms with E-state index >= 15 is 0 Å². The number of carbonyl (C=O) groups excluding carboxylic acids is 1. The van der Waals surface area contributed by atoms with Crippen LogP contribution in [0.5, 0.6) is 11.5 Å². The van der Waals surface area contributed by atoms with Gasteiger partial charge in [0.05, 0.1) is 5.25 Å². The number of thioether (sulfide) groups is 2. The molecular weight excluding hydrogens is 424 g/mol. The maximum atomic E-state index is 12.3. The van der Waals surface area contributed by atoms with Crippen molar-refractivity contribution >= 4 is 41.5 Å². The van der Waals surface area contributed by atoms with Crippen LogP contribution < -0.4 is 0 Å². The molecule has 6 N–H and O–H groups in total. The molecule has 0 heterocycles. The predicted molar refractivity (Wildman–Crippen MR) is 108 cm³/mol. The number of phenolic OH excluding ortho intramolecular Hbond substituents is 2. The van der Waals surface area contributed by atoms with Gasteiger partial charge in [-0.2, -0.15) is 11.8 Å². The number of hydrogen-bond acceptors (Lipinski definition) is 10. The fourth-order valence-electron chi connectivity index (χ4n) is 3.11. The van der Waals surface area contributed by atoms with Gasteiger partial charge < -0.3 is 35.4 Å². The van der Waals surface area contributed by atoms with E-state index < -0.39 is 46.4 Å². The van der Waals surface area contributed by atoms with Crippen LogP contribution in [0, 0.1) is 0 Å². The molecule has 2 rings (SSSR count). The fraction of sp³-hybridized carbons (Fsp3) is 0.444. The Labute approximate surface area is 175 Å². The third kappa shape index (κ3) is 4.64. The van der Waals surface area contributed by atoms with E-state index in [2.05, 4.69) is 0 Å². The highest BCUT2D eigenvalue weighted by Gasteiger charge is 2.63. The lowest BCUT2D eigenvalue weighted by Crippen LogP contribution is -2.69. The number of hydrogen-bond donors (Lipinski definition) is 6. The number of carboxylic acid groups (broad SMARTS) is 1. The zero-order valence-corrected chi connectivity index (χ0v) is 17.2. The number of benzene rings is 1. The molecule has 11 heteroatoms. The molecule has 29 heavy (non-hydrogen) atoms. The SMILES string of the molecule is CSC1[C@@H](OC(=O)/C=C/c2ccc(O)c(O)c2)[C@H](O)[C@@](O)(SC)C[C@@]1(O)C(=O)O. The molecule has 1 aromatic carbocycles. The Balaban J connectivity index is 2.28. The Morgan fingerprint density at radius 3 is 2.38 bits per heavy atom. The van der Waals surface area contributed by atoms with Gasteiger partial charge in [-0.3, -0.25) is 0 Å². The molecule has 9 nitrogen and oxygen atoms in total. The second-order valence-electron chi connectivity index (χ2n) is 6.54. The maximum absolute atomic E-state index is 12.3. The van der Waals surface area contributed by atoms with Crippen molar-refractivity contribution in [2.24, 2.45) is 0 Å². The van der Waals surface area contributed by atoms with Crippen LogP contribution in [0.25, 0.3) is 6.08 Å². The lowest BCUT2D eigenvalue weighted by atomic mass is 9.78. The Morgan fingerprint density at radius 1 is 1.21 bits per heavy atom. The summed E-state index contributed by atoms with van der Waals surface area (Å²) in [5.41, 5.74) is -2.07. The van der Waals surface area contributed by atoms with Crippen molar-refractivity contribution in [1.29, 1.82) is 0 Å². The first-order valence-electron chi connectivity index (χ1n) is 8.33. The van der Waals surface area contributed by atoms with Crippen molar-refractivity contribution in [3.63, 3.8) is 0 Å². The number of esters is 1. The van der Waals surface area contributed by atoms with Crippen molar-refractivity contribution in [2.45, 2.75) is 34.4 Å². The van der Waals surface area contributed by atoms with E-state index in [0.29, 0.717) is 5.56 Å². The van der Waals surface area contributed by atoms with Crippen molar-refractivity contribution in [2.75, 3.05) is 12.5 Å². The van der Waals surface area contributed by atoms with Crippen LogP contribution in [0.15, 0.2) is 24.3 Å². The van der Waals surface area contributed by atoms with E-state index in [0.717, 1.165) is 29.6 Å². The summed E-state index contributed by atoms with van der Waals surface area (Å²) in [7, 11) is 0. The molecule has 0 aromatic heterocycles. The topological polar surface area (TPSA) is 165 Å². The van der Waals surface area contributed by atoms with Gasteiger partial charge in [-0.15, -0.1) is 11.8 Å². The van der Waals surface area contributed by atoms with Crippen LogP contribution in [0.2, 0.25) is 0 Å². The minimum absolute atomic E-state index is 0.331. The van der Waals surface area contributed by atoms with Crippen LogP contribution >= 0.6 is 23.5 Å². The fourth-order valence-corrected chi connectivity index (χ4v) is 4.90. The summed E-state index contributed by atoms with van der Waals surface area (Å²) in [6, 6.07) is 3.85. The predicted octanol–water partition coefficient (Wildman–Crippen LogP) is 0.386. The molecule has 160 valence electrons. The monoisotopic (exact) mass is 446 g/mol. The highest BCUT2D eigenvalue weighted by Crippen LogP contribution is 2.46. The summed E-state index contributed by atoms with van der Waals surface area (Å²) in [6.45, 7) is 0. The number of carbonyl (C=O) groups is 2. The van der Waals surface area contributed by atoms with Crippen LogP contribution in [0.3, 0.4) is 0 Å². The van der Waals surface area contributed by atoms with Crippen molar-refractivity contribution in [3.05, 3.63) is 29.8 Å². The lowest BCUT2D eigenvalue weighted by molar-refractivity contribution is -0.199. The Kier molecular flexibility index (Phi) is 7.12. The quantitative estimate of drug-likeness (QED) is 0.155. The van der Waals surface area contributed by atoms with Gasteiger partial charge in [0.2, 0.25) is 0 Å². The van der Waals surface area contributed by atoms with Crippen molar-refractivity contribution in [1.82, 2.24) is 0 Å². The number of aliphatic hydroxyl groups is 3. The van der Waals surface area contributed by atoms with Gasteiger partial charge in [-0.1, -0.05) is 6.07 Å². The van der Waals surface area contributed by atoms with Gasteiger partial charge >= 0.3 is 11.9 Å². The third-order valence-electron chi connectivity index (χ3n) is 4.71. The first-order valence-corrected chi connectivity index (χ1v) is 10.8.